The number of carbonyl (C=O) groups is 1. The van der Waals surface area contributed by atoms with Crippen LogP contribution in [0.15, 0.2) is 59.6 Å². The van der Waals surface area contributed by atoms with Crippen LogP contribution in [0.2, 0.25) is 0 Å². The summed E-state index contributed by atoms with van der Waals surface area (Å²) in [5.74, 6) is -0.101. The van der Waals surface area contributed by atoms with E-state index in [1.807, 2.05) is 37.3 Å². The average Bonchev–Trinajstić information content (AvgIpc) is 2.50. The van der Waals surface area contributed by atoms with E-state index in [9.17, 15) is 4.79 Å². The van der Waals surface area contributed by atoms with Gasteiger partial charge >= 0.3 is 5.97 Å². The van der Waals surface area contributed by atoms with Gasteiger partial charge in [0.1, 0.15) is 5.75 Å². The number of nitrogens with zero attached hydrogens (tertiary/aromatic N) is 1. The molecule has 0 aliphatic heterocycles. The fourth-order valence-corrected chi connectivity index (χ4v) is 2.15. The fourth-order valence-electron chi connectivity index (χ4n) is 2.15. The molecule has 0 fully saturated rings. The van der Waals surface area contributed by atoms with Crippen molar-refractivity contribution in [3.05, 3.63) is 60.2 Å². The maximum atomic E-state index is 12.3. The summed E-state index contributed by atoms with van der Waals surface area (Å²) in [6.45, 7) is 1.96. The molecule has 0 aliphatic carbocycles. The van der Waals surface area contributed by atoms with Crippen molar-refractivity contribution in [3.8, 4) is 5.75 Å². The quantitative estimate of drug-likeness (QED) is 0.384. The minimum Gasteiger partial charge on any atom is -0.426 e. The van der Waals surface area contributed by atoms with Crippen molar-refractivity contribution in [2.24, 2.45) is 16.5 Å². The topological polar surface area (TPSA) is 90.7 Å². The molecule has 5 nitrogen and oxygen atoms in total. The first kappa shape index (κ1) is 15.6. The Morgan fingerprint density at radius 3 is 2.27 bits per heavy atom. The van der Waals surface area contributed by atoms with E-state index < -0.39 is 0 Å². The van der Waals surface area contributed by atoms with E-state index in [0.717, 1.165) is 5.56 Å². The van der Waals surface area contributed by atoms with Gasteiger partial charge in [-0.15, -0.1) is 0 Å². The fraction of sp³-hybridized carbons (Fsp3) is 0.176. The van der Waals surface area contributed by atoms with Crippen LogP contribution in [0.5, 0.6) is 5.75 Å². The third-order valence-corrected chi connectivity index (χ3v) is 3.21. The third-order valence-electron chi connectivity index (χ3n) is 3.21. The zero-order valence-electron chi connectivity index (χ0n) is 12.4. The number of guanidine groups is 1. The molecule has 1 unspecified atom stereocenters. The Hall–Kier alpha value is -2.82. The second-order valence-electron chi connectivity index (χ2n) is 4.82. The molecule has 114 valence electrons. The summed E-state index contributed by atoms with van der Waals surface area (Å²) in [7, 11) is 0. The van der Waals surface area contributed by atoms with Gasteiger partial charge in [-0.3, -0.25) is 4.79 Å². The van der Waals surface area contributed by atoms with Gasteiger partial charge in [0.05, 0.1) is 11.6 Å². The summed E-state index contributed by atoms with van der Waals surface area (Å²) in [6.07, 6.45) is 0.676. The first-order chi connectivity index (χ1) is 10.6. The van der Waals surface area contributed by atoms with Gasteiger partial charge in [0.2, 0.25) is 0 Å². The maximum absolute atomic E-state index is 12.3. The minimum atomic E-state index is -0.279. The van der Waals surface area contributed by atoms with E-state index >= 15 is 0 Å². The lowest BCUT2D eigenvalue weighted by Gasteiger charge is -2.14. The lowest BCUT2D eigenvalue weighted by Crippen LogP contribution is -2.21. The Bertz CT molecular complexity index is 647. The maximum Gasteiger partial charge on any atom is 0.318 e. The molecular weight excluding hydrogens is 278 g/mol. The van der Waals surface area contributed by atoms with Gasteiger partial charge in [-0.25, -0.2) is 4.99 Å². The van der Waals surface area contributed by atoms with Crippen molar-refractivity contribution in [3.63, 3.8) is 0 Å². The number of nitrogens with two attached hydrogens (primary N) is 2. The number of carbonyl (C=O) groups excluding carboxylic acids is 1. The molecular formula is C17H19N3O2. The molecule has 2 aromatic rings. The molecule has 4 N–H and O–H groups in total. The lowest BCUT2D eigenvalue weighted by molar-refractivity contribution is -0.136. The SMILES string of the molecule is CCC(C(=O)Oc1ccc(N=C(N)N)cc1)c1ccccc1. The summed E-state index contributed by atoms with van der Waals surface area (Å²) in [6, 6.07) is 16.3. The predicted molar refractivity (Wildman–Crippen MR) is 87.0 cm³/mol. The molecule has 0 amide bonds. The Morgan fingerprint density at radius 1 is 1.09 bits per heavy atom. The molecule has 0 radical (unpaired) electrons. The van der Waals surface area contributed by atoms with Crippen LogP contribution in [0.3, 0.4) is 0 Å². The summed E-state index contributed by atoms with van der Waals surface area (Å²) in [5, 5.41) is 0. The van der Waals surface area contributed by atoms with Gasteiger partial charge in [0, 0.05) is 0 Å². The highest BCUT2D eigenvalue weighted by molar-refractivity contribution is 5.81. The van der Waals surface area contributed by atoms with E-state index in [-0.39, 0.29) is 17.8 Å². The largest absolute Gasteiger partial charge is 0.426 e. The molecule has 22 heavy (non-hydrogen) atoms. The Balaban J connectivity index is 2.09. The summed E-state index contributed by atoms with van der Waals surface area (Å²) in [5.41, 5.74) is 12.2. The van der Waals surface area contributed by atoms with Gasteiger partial charge in [0.25, 0.3) is 0 Å². The number of rotatable bonds is 5. The van der Waals surface area contributed by atoms with Crippen molar-refractivity contribution >= 4 is 17.6 Å². The van der Waals surface area contributed by atoms with E-state index in [4.69, 9.17) is 16.2 Å². The zero-order valence-corrected chi connectivity index (χ0v) is 12.4. The molecule has 0 heterocycles. The van der Waals surface area contributed by atoms with E-state index in [2.05, 4.69) is 4.99 Å². The predicted octanol–water partition coefficient (Wildman–Crippen LogP) is 2.69. The van der Waals surface area contributed by atoms with Gasteiger partial charge in [0.15, 0.2) is 5.96 Å². The molecule has 0 aromatic heterocycles. The lowest BCUT2D eigenvalue weighted by atomic mass is 9.97. The van der Waals surface area contributed by atoms with Crippen molar-refractivity contribution in [1.29, 1.82) is 0 Å². The van der Waals surface area contributed by atoms with Gasteiger partial charge in [-0.2, -0.15) is 0 Å². The number of aliphatic imine (C=N–C) groups is 1. The van der Waals surface area contributed by atoms with Crippen molar-refractivity contribution in [2.75, 3.05) is 0 Å². The molecule has 0 bridgehead atoms. The molecule has 0 aliphatic rings. The van der Waals surface area contributed by atoms with E-state index in [0.29, 0.717) is 17.9 Å². The molecule has 0 spiro atoms. The molecule has 0 saturated heterocycles. The van der Waals surface area contributed by atoms with E-state index in [1.165, 1.54) is 0 Å². The molecule has 2 rings (SSSR count). The first-order valence-corrected chi connectivity index (χ1v) is 7.06. The van der Waals surface area contributed by atoms with Crippen molar-refractivity contribution in [1.82, 2.24) is 0 Å². The third kappa shape index (κ3) is 4.09. The Kier molecular flexibility index (Phi) is 5.14. The Morgan fingerprint density at radius 2 is 1.73 bits per heavy atom. The molecule has 2 aromatic carbocycles. The van der Waals surface area contributed by atoms with Crippen LogP contribution >= 0.6 is 0 Å². The van der Waals surface area contributed by atoms with Crippen molar-refractivity contribution < 1.29 is 9.53 Å². The number of esters is 1. The molecule has 5 heteroatoms. The minimum absolute atomic E-state index is 0.0140. The number of hydrogen-bond donors (Lipinski definition) is 2. The van der Waals surface area contributed by atoms with Crippen LogP contribution in [-0.2, 0) is 4.79 Å². The van der Waals surface area contributed by atoms with Crippen LogP contribution in [-0.4, -0.2) is 11.9 Å². The Labute approximate surface area is 129 Å². The summed E-state index contributed by atoms with van der Waals surface area (Å²) in [4.78, 5) is 16.2. The van der Waals surface area contributed by atoms with Crippen LogP contribution in [0.25, 0.3) is 0 Å². The normalized spacial score (nSPS) is 11.5. The highest BCUT2D eigenvalue weighted by atomic mass is 16.5. The highest BCUT2D eigenvalue weighted by Gasteiger charge is 2.20. The standard InChI is InChI=1S/C17H19N3O2/c1-2-15(12-6-4-3-5-7-12)16(21)22-14-10-8-13(9-11-14)20-17(18)19/h3-11,15H,2H2,1H3,(H4,18,19,20). The second kappa shape index (κ2) is 7.26. The van der Waals surface area contributed by atoms with Crippen LogP contribution in [0.1, 0.15) is 24.8 Å². The van der Waals surface area contributed by atoms with Crippen molar-refractivity contribution in [2.45, 2.75) is 19.3 Å². The second-order valence-corrected chi connectivity index (χ2v) is 4.82. The highest BCUT2D eigenvalue weighted by Crippen LogP contribution is 2.24. The van der Waals surface area contributed by atoms with Gasteiger partial charge in [-0.05, 0) is 36.2 Å². The number of benzene rings is 2. The van der Waals surface area contributed by atoms with Gasteiger partial charge < -0.3 is 16.2 Å². The van der Waals surface area contributed by atoms with Crippen LogP contribution < -0.4 is 16.2 Å². The number of hydrogen-bond acceptors (Lipinski definition) is 3. The first-order valence-electron chi connectivity index (χ1n) is 7.06. The van der Waals surface area contributed by atoms with Gasteiger partial charge in [-0.1, -0.05) is 37.3 Å². The monoisotopic (exact) mass is 297 g/mol. The molecule has 0 saturated carbocycles. The summed E-state index contributed by atoms with van der Waals surface area (Å²) < 4.78 is 5.43. The van der Waals surface area contributed by atoms with E-state index in [1.54, 1.807) is 24.3 Å². The van der Waals surface area contributed by atoms with Crippen LogP contribution in [0, 0.1) is 0 Å². The number of ether oxygens (including phenoxy) is 1. The average molecular weight is 297 g/mol. The summed E-state index contributed by atoms with van der Waals surface area (Å²) >= 11 is 0. The molecule has 1 atom stereocenters. The smallest absolute Gasteiger partial charge is 0.318 e. The zero-order chi connectivity index (χ0) is 15.9. The van der Waals surface area contributed by atoms with Crippen LogP contribution in [0.4, 0.5) is 5.69 Å².